The predicted octanol–water partition coefficient (Wildman–Crippen LogP) is 3.13. The highest BCUT2D eigenvalue weighted by Gasteiger charge is 2.33. The first-order valence-electron chi connectivity index (χ1n) is 11.0. The van der Waals surface area contributed by atoms with E-state index >= 15 is 0 Å². The van der Waals surface area contributed by atoms with Gasteiger partial charge in [0, 0.05) is 30.4 Å². The second-order valence-electron chi connectivity index (χ2n) is 8.85. The number of carbonyl (C=O) groups is 1. The Balaban J connectivity index is 1.58. The lowest BCUT2D eigenvalue weighted by Crippen LogP contribution is -2.35. The molecule has 0 aromatic heterocycles. The zero-order valence-corrected chi connectivity index (χ0v) is 20.7. The molecule has 2 aliphatic heterocycles. The molecule has 1 N–H and O–H groups in total. The number of sulfonamides is 2. The van der Waals surface area contributed by atoms with Crippen molar-refractivity contribution in [3.05, 3.63) is 53.1 Å². The number of nitrogens with zero attached hydrogens (tertiary/aromatic N) is 2. The van der Waals surface area contributed by atoms with E-state index < -0.39 is 20.0 Å². The summed E-state index contributed by atoms with van der Waals surface area (Å²) in [5.41, 5.74) is 2.95. The van der Waals surface area contributed by atoms with Crippen molar-refractivity contribution in [2.24, 2.45) is 0 Å². The van der Waals surface area contributed by atoms with Crippen molar-refractivity contribution in [1.29, 1.82) is 0 Å². The minimum atomic E-state index is -3.62. The number of nitrogens with one attached hydrogen (secondary N) is 1. The van der Waals surface area contributed by atoms with Gasteiger partial charge in [0.25, 0.3) is 5.91 Å². The fraction of sp³-hybridized carbons (Fsp3) is 0.435. The van der Waals surface area contributed by atoms with Crippen molar-refractivity contribution < 1.29 is 21.6 Å². The molecule has 1 fully saturated rings. The van der Waals surface area contributed by atoms with Crippen molar-refractivity contribution in [2.75, 3.05) is 29.0 Å². The fourth-order valence-corrected chi connectivity index (χ4v) is 7.40. The molecule has 0 bridgehead atoms. The number of amides is 1. The molecule has 0 radical (unpaired) electrons. The molecule has 33 heavy (non-hydrogen) atoms. The molecule has 0 unspecified atom stereocenters. The average molecular weight is 492 g/mol. The molecule has 4 rings (SSSR count). The molecule has 0 spiro atoms. The lowest BCUT2D eigenvalue weighted by molar-refractivity contribution is 0.102. The van der Waals surface area contributed by atoms with E-state index in [1.54, 1.807) is 37.3 Å². The maximum absolute atomic E-state index is 13.0. The zero-order valence-electron chi connectivity index (χ0n) is 19.0. The highest BCUT2D eigenvalue weighted by Crippen LogP contribution is 2.35. The molecule has 2 aliphatic rings. The molecule has 178 valence electrons. The van der Waals surface area contributed by atoms with Gasteiger partial charge in [-0.05, 0) is 74.6 Å². The number of carbonyl (C=O) groups excluding carboxylic acids is 1. The van der Waals surface area contributed by atoms with Crippen LogP contribution in [-0.4, -0.2) is 52.4 Å². The molecule has 1 atom stereocenters. The topological polar surface area (TPSA) is 104 Å². The van der Waals surface area contributed by atoms with Crippen molar-refractivity contribution in [1.82, 2.24) is 4.31 Å². The van der Waals surface area contributed by atoms with E-state index in [0.717, 1.165) is 30.4 Å². The summed E-state index contributed by atoms with van der Waals surface area (Å²) in [5, 5.41) is 2.83. The number of fused-ring (bicyclic) bond motifs is 1. The van der Waals surface area contributed by atoms with Crippen molar-refractivity contribution in [3.63, 3.8) is 0 Å². The Kier molecular flexibility index (Phi) is 6.28. The highest BCUT2D eigenvalue weighted by atomic mass is 32.2. The Labute approximate surface area is 195 Å². The van der Waals surface area contributed by atoms with E-state index in [-0.39, 0.29) is 16.8 Å². The first-order valence-corrected chi connectivity index (χ1v) is 14.3. The van der Waals surface area contributed by atoms with Gasteiger partial charge in [0.05, 0.1) is 16.8 Å². The van der Waals surface area contributed by atoms with E-state index in [1.165, 1.54) is 20.9 Å². The van der Waals surface area contributed by atoms with Gasteiger partial charge in [-0.1, -0.05) is 12.5 Å². The molecule has 10 heteroatoms. The number of hydrogen-bond acceptors (Lipinski definition) is 5. The van der Waals surface area contributed by atoms with Gasteiger partial charge in [0.1, 0.15) is 0 Å². The van der Waals surface area contributed by atoms with Gasteiger partial charge >= 0.3 is 0 Å². The van der Waals surface area contributed by atoms with Crippen LogP contribution in [0, 0.1) is 6.92 Å². The molecule has 1 saturated heterocycles. The van der Waals surface area contributed by atoms with Crippen LogP contribution in [0.25, 0.3) is 0 Å². The number of benzene rings is 2. The third-order valence-electron chi connectivity index (χ3n) is 6.26. The number of piperidine rings is 1. The standard InChI is InChI=1S/C23H29N3O5S2/c1-16-7-9-20(33(30,31)25-11-5-4-6-12-25)15-21(16)24-23(27)18-8-10-22-19(14-18)13-17(2)26(22)32(3,28)29/h7-10,14-15,17H,4-6,11-13H2,1-3H3,(H,24,27)/t17-/m0/s1. The van der Waals surface area contributed by atoms with Crippen LogP contribution in [0.2, 0.25) is 0 Å². The maximum atomic E-state index is 13.0. The summed E-state index contributed by atoms with van der Waals surface area (Å²) in [4.78, 5) is 13.1. The minimum Gasteiger partial charge on any atom is -0.322 e. The molecule has 0 saturated carbocycles. The normalized spacial score (nSPS) is 19.4. The molecule has 1 amide bonds. The number of aryl methyl sites for hydroxylation is 1. The van der Waals surface area contributed by atoms with E-state index in [9.17, 15) is 21.6 Å². The summed E-state index contributed by atoms with van der Waals surface area (Å²) >= 11 is 0. The Hall–Kier alpha value is -2.43. The van der Waals surface area contributed by atoms with Crippen LogP contribution < -0.4 is 9.62 Å². The Morgan fingerprint density at radius 1 is 1.00 bits per heavy atom. The van der Waals surface area contributed by atoms with Crippen LogP contribution in [0.5, 0.6) is 0 Å². The summed E-state index contributed by atoms with van der Waals surface area (Å²) in [7, 11) is -7.03. The third kappa shape index (κ3) is 4.64. The number of hydrogen-bond donors (Lipinski definition) is 1. The van der Waals surface area contributed by atoms with E-state index in [1.807, 2.05) is 6.92 Å². The molecule has 2 aromatic rings. The largest absolute Gasteiger partial charge is 0.322 e. The third-order valence-corrected chi connectivity index (χ3v) is 9.43. The highest BCUT2D eigenvalue weighted by molar-refractivity contribution is 7.92. The first-order chi connectivity index (χ1) is 15.5. The van der Waals surface area contributed by atoms with Crippen LogP contribution in [0.3, 0.4) is 0 Å². The molecular formula is C23H29N3O5S2. The zero-order chi connectivity index (χ0) is 24.0. The van der Waals surface area contributed by atoms with Gasteiger partial charge in [0.2, 0.25) is 20.0 Å². The van der Waals surface area contributed by atoms with Crippen LogP contribution in [0.4, 0.5) is 11.4 Å². The van der Waals surface area contributed by atoms with Gasteiger partial charge in [-0.3, -0.25) is 9.10 Å². The number of rotatable bonds is 5. The second kappa shape index (κ2) is 8.73. The lowest BCUT2D eigenvalue weighted by atomic mass is 10.1. The van der Waals surface area contributed by atoms with Crippen LogP contribution in [0.1, 0.15) is 47.7 Å². The van der Waals surface area contributed by atoms with Crippen LogP contribution >= 0.6 is 0 Å². The maximum Gasteiger partial charge on any atom is 0.255 e. The SMILES string of the molecule is Cc1ccc(S(=O)(=O)N2CCCCC2)cc1NC(=O)c1ccc2c(c1)C[C@H](C)N2S(C)(=O)=O. The monoisotopic (exact) mass is 491 g/mol. The Morgan fingerprint density at radius 2 is 1.70 bits per heavy atom. The summed E-state index contributed by atoms with van der Waals surface area (Å²) in [5.74, 6) is -0.376. The molecule has 2 heterocycles. The van der Waals surface area contributed by atoms with Gasteiger partial charge in [-0.25, -0.2) is 16.8 Å². The van der Waals surface area contributed by atoms with Crippen molar-refractivity contribution >= 4 is 37.3 Å². The Morgan fingerprint density at radius 3 is 2.36 bits per heavy atom. The molecule has 2 aromatic carbocycles. The van der Waals surface area contributed by atoms with Crippen molar-refractivity contribution in [2.45, 2.75) is 50.5 Å². The second-order valence-corrected chi connectivity index (χ2v) is 12.6. The molecular weight excluding hydrogens is 462 g/mol. The Bertz CT molecular complexity index is 1300. The summed E-state index contributed by atoms with van der Waals surface area (Å²) in [6.07, 6.45) is 4.42. The smallest absolute Gasteiger partial charge is 0.255 e. The van der Waals surface area contributed by atoms with E-state index in [2.05, 4.69) is 5.32 Å². The first kappa shape index (κ1) is 23.7. The van der Waals surface area contributed by atoms with Crippen molar-refractivity contribution in [3.8, 4) is 0 Å². The van der Waals surface area contributed by atoms with Gasteiger partial charge in [-0.2, -0.15) is 4.31 Å². The lowest BCUT2D eigenvalue weighted by Gasteiger charge is -2.26. The summed E-state index contributed by atoms with van der Waals surface area (Å²) < 4.78 is 53.2. The number of anilines is 2. The van der Waals surface area contributed by atoms with Gasteiger partial charge < -0.3 is 5.32 Å². The average Bonchev–Trinajstić information content (AvgIpc) is 3.11. The predicted molar refractivity (Wildman–Crippen MR) is 129 cm³/mol. The molecule has 0 aliphatic carbocycles. The van der Waals surface area contributed by atoms with Gasteiger partial charge in [0.15, 0.2) is 0 Å². The fourth-order valence-electron chi connectivity index (χ4n) is 4.59. The van der Waals surface area contributed by atoms with Gasteiger partial charge in [-0.15, -0.1) is 0 Å². The quantitative estimate of drug-likeness (QED) is 0.692. The van der Waals surface area contributed by atoms with Crippen LogP contribution in [0.15, 0.2) is 41.3 Å². The summed E-state index contributed by atoms with van der Waals surface area (Å²) in [6.45, 7) is 4.66. The summed E-state index contributed by atoms with van der Waals surface area (Å²) in [6, 6.07) is 9.51. The minimum absolute atomic E-state index is 0.164. The van der Waals surface area contributed by atoms with E-state index in [4.69, 9.17) is 0 Å². The van der Waals surface area contributed by atoms with Crippen LogP contribution in [-0.2, 0) is 26.5 Å². The molecule has 8 nitrogen and oxygen atoms in total. The van der Waals surface area contributed by atoms with E-state index in [0.29, 0.717) is 36.4 Å².